The Morgan fingerprint density at radius 2 is 1.90 bits per heavy atom. The number of carbonyl (C=O) groups excluding carboxylic acids is 2. The van der Waals surface area contributed by atoms with E-state index in [0.29, 0.717) is 39.0 Å². The van der Waals surface area contributed by atoms with Crippen LogP contribution in [0.15, 0.2) is 11.9 Å². The van der Waals surface area contributed by atoms with Crippen LogP contribution in [-0.2, 0) is 9.59 Å². The van der Waals surface area contributed by atoms with E-state index < -0.39 is 12.1 Å². The normalized spacial score (nSPS) is 21.4. The minimum Gasteiger partial charge on any atom is -0.465 e. The first-order valence-electron chi connectivity index (χ1n) is 10.3. The summed E-state index contributed by atoms with van der Waals surface area (Å²) in [5.74, 6) is -0.0949. The first-order valence-corrected chi connectivity index (χ1v) is 10.3. The summed E-state index contributed by atoms with van der Waals surface area (Å²) in [4.78, 5) is 44.5. The Morgan fingerprint density at radius 3 is 2.45 bits per heavy atom. The highest BCUT2D eigenvalue weighted by atomic mass is 16.4. The number of likely N-dealkylation sites (tertiary alicyclic amines) is 1. The van der Waals surface area contributed by atoms with E-state index in [9.17, 15) is 14.4 Å². The highest BCUT2D eigenvalue weighted by Crippen LogP contribution is 2.29. The number of nitrogens with zero attached hydrogens (tertiary/aromatic N) is 4. The van der Waals surface area contributed by atoms with E-state index in [4.69, 9.17) is 5.11 Å². The van der Waals surface area contributed by atoms with Gasteiger partial charge in [0, 0.05) is 32.4 Å². The van der Waals surface area contributed by atoms with Crippen LogP contribution in [0.5, 0.6) is 0 Å². The zero-order valence-electron chi connectivity index (χ0n) is 17.8. The minimum atomic E-state index is -1.17. The number of carbonyl (C=O) groups is 3. The van der Waals surface area contributed by atoms with E-state index in [0.717, 1.165) is 18.8 Å². The molecular weight excluding hydrogens is 374 g/mol. The van der Waals surface area contributed by atoms with E-state index in [1.165, 1.54) is 0 Å². The van der Waals surface area contributed by atoms with Crippen molar-refractivity contribution in [1.82, 2.24) is 24.9 Å². The van der Waals surface area contributed by atoms with Crippen molar-refractivity contribution in [2.45, 2.75) is 58.5 Å². The summed E-state index contributed by atoms with van der Waals surface area (Å²) in [7, 11) is 1.95. The van der Waals surface area contributed by atoms with Crippen molar-refractivity contribution in [2.75, 3.05) is 33.5 Å². The summed E-state index contributed by atoms with van der Waals surface area (Å²) in [6.45, 7) is 8.64. The van der Waals surface area contributed by atoms with Crippen molar-refractivity contribution in [3.63, 3.8) is 0 Å². The molecule has 2 N–H and O–H groups in total. The minimum absolute atomic E-state index is 0.0258. The molecule has 0 unspecified atom stereocenters. The van der Waals surface area contributed by atoms with Crippen LogP contribution in [0.25, 0.3) is 0 Å². The molecule has 0 aromatic rings. The van der Waals surface area contributed by atoms with Crippen molar-refractivity contribution in [3.05, 3.63) is 11.9 Å². The number of piperidine rings is 1. The lowest BCUT2D eigenvalue weighted by atomic mass is 9.88. The van der Waals surface area contributed by atoms with E-state index >= 15 is 0 Å². The predicted octanol–water partition coefficient (Wildman–Crippen LogP) is 1.29. The summed E-state index contributed by atoms with van der Waals surface area (Å²) >= 11 is 0. The molecule has 2 saturated heterocycles. The van der Waals surface area contributed by atoms with Crippen LogP contribution in [0.4, 0.5) is 4.79 Å². The summed E-state index contributed by atoms with van der Waals surface area (Å²) in [6.07, 6.45) is 3.38. The van der Waals surface area contributed by atoms with Gasteiger partial charge in [-0.05, 0) is 31.1 Å². The van der Waals surface area contributed by atoms with Gasteiger partial charge in [-0.1, -0.05) is 20.8 Å². The lowest BCUT2D eigenvalue weighted by Crippen LogP contribution is -2.53. The second-order valence-corrected chi connectivity index (χ2v) is 9.53. The second kappa shape index (κ2) is 8.12. The summed E-state index contributed by atoms with van der Waals surface area (Å²) in [5, 5.41) is 11.5. The van der Waals surface area contributed by atoms with Crippen molar-refractivity contribution in [3.8, 4) is 0 Å². The summed E-state index contributed by atoms with van der Waals surface area (Å²) in [5.41, 5.74) is 0.775. The van der Waals surface area contributed by atoms with Gasteiger partial charge in [0.05, 0.1) is 13.3 Å². The molecule has 1 atom stereocenters. The summed E-state index contributed by atoms with van der Waals surface area (Å²) in [6, 6.07) is -0.605. The standard InChI is InChI=1S/C20H33N5O4/c1-20(2,3)8-5-15(21-19(28)29)17(26)23-9-6-14(7-10-23)25-13-24-12-22(4)11-16(24)18(25)27/h11,14-15,21H,5-10,12-13H2,1-4H3,(H,28,29)/t15-/m1/s1. The number of hydrogen-bond acceptors (Lipinski definition) is 5. The van der Waals surface area contributed by atoms with Gasteiger partial charge in [0.15, 0.2) is 0 Å². The van der Waals surface area contributed by atoms with Crippen molar-refractivity contribution in [1.29, 1.82) is 0 Å². The Labute approximate surface area is 172 Å². The number of hydrogen-bond donors (Lipinski definition) is 2. The molecule has 0 aromatic carbocycles. The molecule has 162 valence electrons. The molecule has 3 aliphatic rings. The fourth-order valence-electron chi connectivity index (χ4n) is 4.27. The molecule has 9 heteroatoms. The third kappa shape index (κ3) is 4.94. The summed E-state index contributed by atoms with van der Waals surface area (Å²) < 4.78 is 0. The fourth-order valence-corrected chi connectivity index (χ4v) is 4.27. The molecule has 0 spiro atoms. The Balaban J connectivity index is 1.56. The van der Waals surface area contributed by atoms with Gasteiger partial charge in [-0.3, -0.25) is 9.59 Å². The number of carboxylic acid groups (broad SMARTS) is 1. The van der Waals surface area contributed by atoms with Gasteiger partial charge in [-0.2, -0.15) is 0 Å². The maximum absolute atomic E-state index is 12.9. The van der Waals surface area contributed by atoms with E-state index in [1.54, 1.807) is 4.90 Å². The highest BCUT2D eigenvalue weighted by Gasteiger charge is 2.41. The van der Waals surface area contributed by atoms with E-state index in [2.05, 4.69) is 31.0 Å². The van der Waals surface area contributed by atoms with Crippen LogP contribution in [0, 0.1) is 5.41 Å². The molecule has 3 aliphatic heterocycles. The van der Waals surface area contributed by atoms with Gasteiger partial charge in [-0.25, -0.2) is 4.79 Å². The van der Waals surface area contributed by atoms with Gasteiger partial charge in [-0.15, -0.1) is 0 Å². The lowest BCUT2D eigenvalue weighted by molar-refractivity contribution is -0.136. The van der Waals surface area contributed by atoms with E-state index in [-0.39, 0.29) is 23.3 Å². The molecule has 0 aromatic heterocycles. The SMILES string of the molecule is CN1C=C2C(=O)N(C3CCN(C(=O)[C@@H](CCC(C)(C)C)NC(=O)O)CC3)CN2C1. The Bertz CT molecular complexity index is 693. The molecule has 9 nitrogen and oxygen atoms in total. The molecule has 0 bridgehead atoms. The maximum atomic E-state index is 12.9. The van der Waals surface area contributed by atoms with Crippen molar-refractivity contribution in [2.24, 2.45) is 5.41 Å². The zero-order valence-corrected chi connectivity index (χ0v) is 17.8. The van der Waals surface area contributed by atoms with Gasteiger partial charge in [0.1, 0.15) is 11.7 Å². The van der Waals surface area contributed by atoms with Crippen LogP contribution < -0.4 is 5.32 Å². The topological polar surface area (TPSA) is 96.4 Å². The van der Waals surface area contributed by atoms with Crippen LogP contribution in [-0.4, -0.2) is 88.2 Å². The maximum Gasteiger partial charge on any atom is 0.405 e. The Kier molecular flexibility index (Phi) is 5.95. The van der Waals surface area contributed by atoms with Gasteiger partial charge in [0.25, 0.3) is 5.91 Å². The third-order valence-electron chi connectivity index (χ3n) is 5.88. The first-order chi connectivity index (χ1) is 13.5. The first kappa shape index (κ1) is 21.3. The van der Waals surface area contributed by atoms with Crippen LogP contribution in [0.1, 0.15) is 46.5 Å². The second-order valence-electron chi connectivity index (χ2n) is 9.53. The molecule has 2 fully saturated rings. The fraction of sp³-hybridized carbons (Fsp3) is 0.750. The molecule has 0 aliphatic carbocycles. The van der Waals surface area contributed by atoms with Crippen LogP contribution in [0.2, 0.25) is 0 Å². The highest BCUT2D eigenvalue weighted by molar-refractivity contribution is 5.95. The molecule has 0 radical (unpaired) electrons. The smallest absolute Gasteiger partial charge is 0.405 e. The van der Waals surface area contributed by atoms with E-state index in [1.807, 2.05) is 23.0 Å². The molecule has 3 amide bonds. The van der Waals surface area contributed by atoms with Crippen molar-refractivity contribution < 1.29 is 19.5 Å². The van der Waals surface area contributed by atoms with Crippen molar-refractivity contribution >= 4 is 17.9 Å². The van der Waals surface area contributed by atoms with Gasteiger partial charge < -0.3 is 30.0 Å². The van der Waals surface area contributed by atoms with Crippen LogP contribution >= 0.6 is 0 Å². The number of nitrogens with one attached hydrogen (secondary N) is 1. The number of fused-ring (bicyclic) bond motifs is 1. The largest absolute Gasteiger partial charge is 0.465 e. The third-order valence-corrected chi connectivity index (χ3v) is 5.88. The molecular formula is C20H33N5O4. The zero-order chi connectivity index (χ0) is 21.3. The number of amides is 3. The monoisotopic (exact) mass is 407 g/mol. The quantitative estimate of drug-likeness (QED) is 0.713. The van der Waals surface area contributed by atoms with Gasteiger partial charge in [0.2, 0.25) is 5.91 Å². The Hall–Kier alpha value is -2.45. The number of rotatable bonds is 5. The lowest BCUT2D eigenvalue weighted by Gasteiger charge is -2.38. The molecule has 3 rings (SSSR count). The average molecular weight is 408 g/mol. The van der Waals surface area contributed by atoms with Gasteiger partial charge >= 0.3 is 6.09 Å². The molecule has 3 heterocycles. The molecule has 29 heavy (non-hydrogen) atoms. The van der Waals surface area contributed by atoms with Crippen LogP contribution in [0.3, 0.4) is 0 Å². The average Bonchev–Trinajstić information content (AvgIpc) is 3.14. The Morgan fingerprint density at radius 1 is 1.24 bits per heavy atom. The molecule has 0 saturated carbocycles. The predicted molar refractivity (Wildman–Crippen MR) is 108 cm³/mol.